The number of piperidine rings is 1. The van der Waals surface area contributed by atoms with E-state index in [1.807, 2.05) is 38.1 Å². The van der Waals surface area contributed by atoms with E-state index in [-0.39, 0.29) is 24.4 Å². The molecule has 1 N–H and O–H groups in total. The molecule has 2 aliphatic heterocycles. The zero-order valence-corrected chi connectivity index (χ0v) is 17.9. The van der Waals surface area contributed by atoms with E-state index in [1.165, 1.54) is 0 Å². The van der Waals surface area contributed by atoms with E-state index in [0.717, 1.165) is 56.3 Å². The van der Waals surface area contributed by atoms with Crippen molar-refractivity contribution in [2.75, 3.05) is 50.8 Å². The van der Waals surface area contributed by atoms with E-state index in [4.69, 9.17) is 14.5 Å². The highest BCUT2D eigenvalue weighted by Gasteiger charge is 2.27. The maximum Gasteiger partial charge on any atom is 0.309 e. The molecule has 0 aromatic heterocycles. The van der Waals surface area contributed by atoms with E-state index >= 15 is 0 Å². The predicted octanol–water partition coefficient (Wildman–Crippen LogP) is 2.04. The van der Waals surface area contributed by atoms with Crippen LogP contribution in [0.15, 0.2) is 29.3 Å². The highest BCUT2D eigenvalue weighted by molar-refractivity contribution is 5.97. The maximum atomic E-state index is 12.3. The van der Waals surface area contributed by atoms with E-state index in [1.54, 1.807) is 4.90 Å². The number of aliphatic imine (C=N–C) groups is 1. The number of hydrogen-bond donors (Lipinski definition) is 1. The van der Waals surface area contributed by atoms with Crippen molar-refractivity contribution >= 4 is 23.5 Å². The number of anilines is 1. The van der Waals surface area contributed by atoms with E-state index in [2.05, 4.69) is 10.2 Å². The first-order valence-corrected chi connectivity index (χ1v) is 10.9. The lowest BCUT2D eigenvalue weighted by atomic mass is 9.97. The summed E-state index contributed by atoms with van der Waals surface area (Å²) in [5.41, 5.74) is 0.825. The molecule has 164 valence electrons. The quantitative estimate of drug-likeness (QED) is 0.317. The van der Waals surface area contributed by atoms with Crippen molar-refractivity contribution in [1.29, 1.82) is 0 Å². The van der Waals surface area contributed by atoms with Crippen LogP contribution in [0.1, 0.15) is 33.1 Å². The molecule has 1 saturated heterocycles. The number of para-hydroxylation sites is 2. The minimum atomic E-state index is -0.0884. The summed E-state index contributed by atoms with van der Waals surface area (Å²) in [5, 5.41) is 3.34. The first-order chi connectivity index (χ1) is 14.6. The van der Waals surface area contributed by atoms with Crippen molar-refractivity contribution in [2.45, 2.75) is 33.1 Å². The third kappa shape index (κ3) is 5.43. The SMILES string of the molecule is CCNC(=NCCCN1C(=O)COc2ccccc21)N1CCC(C(=O)OCC)CC1. The largest absolute Gasteiger partial charge is 0.482 e. The molecule has 1 fully saturated rings. The summed E-state index contributed by atoms with van der Waals surface area (Å²) in [6.45, 7) is 7.97. The lowest BCUT2D eigenvalue weighted by Gasteiger charge is -2.33. The molecule has 2 aliphatic rings. The van der Waals surface area contributed by atoms with Crippen molar-refractivity contribution in [3.05, 3.63) is 24.3 Å². The van der Waals surface area contributed by atoms with Crippen molar-refractivity contribution in [1.82, 2.24) is 10.2 Å². The Kier molecular flexibility index (Phi) is 7.93. The number of likely N-dealkylation sites (tertiary alicyclic amines) is 1. The predicted molar refractivity (Wildman–Crippen MR) is 116 cm³/mol. The third-order valence-electron chi connectivity index (χ3n) is 5.36. The average Bonchev–Trinajstić information content (AvgIpc) is 2.77. The first-order valence-electron chi connectivity index (χ1n) is 10.9. The van der Waals surface area contributed by atoms with E-state index in [0.29, 0.717) is 19.7 Å². The fraction of sp³-hybridized carbons (Fsp3) is 0.591. The van der Waals surface area contributed by atoms with Gasteiger partial charge in [-0.05, 0) is 45.2 Å². The Hall–Kier alpha value is -2.77. The summed E-state index contributed by atoms with van der Waals surface area (Å²) in [4.78, 5) is 33.0. The van der Waals surface area contributed by atoms with Gasteiger partial charge < -0.3 is 24.6 Å². The van der Waals surface area contributed by atoms with Gasteiger partial charge in [-0.2, -0.15) is 0 Å². The standard InChI is InChI=1S/C22H32N4O4/c1-3-23-22(25-14-10-17(11-15-25)21(28)29-4-2)24-12-7-13-26-18-8-5-6-9-19(18)30-16-20(26)27/h5-6,8-9,17H,3-4,7,10-16H2,1-2H3,(H,23,24). The summed E-state index contributed by atoms with van der Waals surface area (Å²) in [6.07, 6.45) is 2.32. The molecule has 0 aliphatic carbocycles. The van der Waals surface area contributed by atoms with Crippen LogP contribution in [-0.2, 0) is 14.3 Å². The van der Waals surface area contributed by atoms with Gasteiger partial charge in [-0.3, -0.25) is 14.6 Å². The van der Waals surface area contributed by atoms with Gasteiger partial charge >= 0.3 is 5.97 Å². The fourth-order valence-corrected chi connectivity index (χ4v) is 3.83. The van der Waals surface area contributed by atoms with Gasteiger partial charge in [-0.15, -0.1) is 0 Å². The number of fused-ring (bicyclic) bond motifs is 1. The van der Waals surface area contributed by atoms with Gasteiger partial charge in [-0.1, -0.05) is 12.1 Å². The molecule has 8 nitrogen and oxygen atoms in total. The number of ether oxygens (including phenoxy) is 2. The molecule has 0 spiro atoms. The molecule has 0 bridgehead atoms. The van der Waals surface area contributed by atoms with Gasteiger partial charge in [0, 0.05) is 32.7 Å². The molecule has 0 radical (unpaired) electrons. The van der Waals surface area contributed by atoms with Crippen LogP contribution in [0, 0.1) is 5.92 Å². The summed E-state index contributed by atoms with van der Waals surface area (Å²) >= 11 is 0. The number of carbonyl (C=O) groups is 2. The number of rotatable bonds is 7. The van der Waals surface area contributed by atoms with Crippen molar-refractivity contribution in [3.63, 3.8) is 0 Å². The highest BCUT2D eigenvalue weighted by Crippen LogP contribution is 2.31. The minimum Gasteiger partial charge on any atom is -0.482 e. The molecule has 0 saturated carbocycles. The number of esters is 1. The molecule has 0 unspecified atom stereocenters. The molecule has 1 aromatic rings. The lowest BCUT2D eigenvalue weighted by Crippen LogP contribution is -2.47. The summed E-state index contributed by atoms with van der Waals surface area (Å²) in [7, 11) is 0. The van der Waals surface area contributed by atoms with Crippen LogP contribution in [0.5, 0.6) is 5.75 Å². The van der Waals surface area contributed by atoms with Gasteiger partial charge in [0.15, 0.2) is 12.6 Å². The van der Waals surface area contributed by atoms with Crippen LogP contribution in [0.3, 0.4) is 0 Å². The monoisotopic (exact) mass is 416 g/mol. The molecule has 30 heavy (non-hydrogen) atoms. The first kappa shape index (κ1) is 21.9. The Morgan fingerprint density at radius 3 is 2.77 bits per heavy atom. The summed E-state index contributed by atoms with van der Waals surface area (Å²) in [6, 6.07) is 7.61. The Labute approximate surface area is 178 Å². The summed E-state index contributed by atoms with van der Waals surface area (Å²) in [5.74, 6) is 1.49. The van der Waals surface area contributed by atoms with Crippen LogP contribution in [-0.4, -0.2) is 68.7 Å². The van der Waals surface area contributed by atoms with Crippen LogP contribution in [0.4, 0.5) is 5.69 Å². The number of amides is 1. The molecule has 2 heterocycles. The number of nitrogens with one attached hydrogen (secondary N) is 1. The lowest BCUT2D eigenvalue weighted by molar-refractivity contribution is -0.149. The van der Waals surface area contributed by atoms with Gasteiger partial charge in [0.25, 0.3) is 5.91 Å². The van der Waals surface area contributed by atoms with Crippen molar-refractivity contribution in [2.24, 2.45) is 10.9 Å². The van der Waals surface area contributed by atoms with Crippen molar-refractivity contribution < 1.29 is 19.1 Å². The molecule has 1 aromatic carbocycles. The summed E-state index contributed by atoms with van der Waals surface area (Å²) < 4.78 is 10.6. The molecular weight excluding hydrogens is 384 g/mol. The Bertz CT molecular complexity index is 759. The number of hydrogen-bond acceptors (Lipinski definition) is 5. The average molecular weight is 417 g/mol. The molecule has 1 amide bonds. The smallest absolute Gasteiger partial charge is 0.309 e. The zero-order chi connectivity index (χ0) is 21.3. The maximum absolute atomic E-state index is 12.3. The van der Waals surface area contributed by atoms with Gasteiger partial charge in [0.05, 0.1) is 18.2 Å². The molecule has 8 heteroatoms. The Balaban J connectivity index is 1.52. The molecular formula is C22H32N4O4. The van der Waals surface area contributed by atoms with Crippen LogP contribution >= 0.6 is 0 Å². The normalized spacial score (nSPS) is 17.4. The second kappa shape index (κ2) is 10.8. The molecule has 0 atom stereocenters. The number of guanidine groups is 1. The van der Waals surface area contributed by atoms with Gasteiger partial charge in [-0.25, -0.2) is 0 Å². The van der Waals surface area contributed by atoms with Gasteiger partial charge in [0.2, 0.25) is 0 Å². The van der Waals surface area contributed by atoms with Crippen LogP contribution < -0.4 is 15.0 Å². The fourth-order valence-electron chi connectivity index (χ4n) is 3.83. The number of benzene rings is 1. The Morgan fingerprint density at radius 1 is 1.27 bits per heavy atom. The van der Waals surface area contributed by atoms with Gasteiger partial charge in [0.1, 0.15) is 5.75 Å². The van der Waals surface area contributed by atoms with E-state index < -0.39 is 0 Å². The second-order valence-corrected chi connectivity index (χ2v) is 7.40. The highest BCUT2D eigenvalue weighted by atomic mass is 16.5. The number of nitrogens with zero attached hydrogens (tertiary/aromatic N) is 3. The van der Waals surface area contributed by atoms with E-state index in [9.17, 15) is 9.59 Å². The second-order valence-electron chi connectivity index (χ2n) is 7.40. The minimum absolute atomic E-state index is 0.0172. The third-order valence-corrected chi connectivity index (χ3v) is 5.36. The Morgan fingerprint density at radius 2 is 2.03 bits per heavy atom. The van der Waals surface area contributed by atoms with Crippen LogP contribution in [0.2, 0.25) is 0 Å². The topological polar surface area (TPSA) is 83.5 Å². The van der Waals surface area contributed by atoms with Crippen molar-refractivity contribution in [3.8, 4) is 5.75 Å². The van der Waals surface area contributed by atoms with Crippen LogP contribution in [0.25, 0.3) is 0 Å². The zero-order valence-electron chi connectivity index (χ0n) is 17.9. The molecule has 3 rings (SSSR count). The number of carbonyl (C=O) groups excluding carboxylic acids is 2.